The van der Waals surface area contributed by atoms with Gasteiger partial charge in [0.1, 0.15) is 0 Å². The highest BCUT2D eigenvalue weighted by Gasteiger charge is 1.73. The van der Waals surface area contributed by atoms with Crippen molar-refractivity contribution in [3.05, 3.63) is 30.1 Å². The Bertz CT molecular complexity index is 146. The van der Waals surface area contributed by atoms with Crippen LogP contribution >= 0.6 is 0 Å². The zero-order valence-electron chi connectivity index (χ0n) is 8.96. The molecule has 0 N–H and O–H groups in total. The third-order valence-electron chi connectivity index (χ3n) is 0.813. The van der Waals surface area contributed by atoms with Crippen LogP contribution in [0.5, 0.6) is 0 Å². The Kier molecular flexibility index (Phi) is 14.6. The fraction of sp³-hybridized carbons (Fsp3) is 0.545. The Morgan fingerprint density at radius 1 is 1.17 bits per heavy atom. The van der Waals surface area contributed by atoms with Gasteiger partial charge in [-0.25, -0.2) is 0 Å². The minimum absolute atomic E-state index is 1.07. The van der Waals surface area contributed by atoms with Crippen LogP contribution in [-0.4, -0.2) is 4.98 Å². The van der Waals surface area contributed by atoms with E-state index in [0.29, 0.717) is 0 Å². The smallest absolute Gasteiger partial charge is 0.0372 e. The van der Waals surface area contributed by atoms with Crippen LogP contribution in [0.25, 0.3) is 0 Å². The van der Waals surface area contributed by atoms with Crippen molar-refractivity contribution in [2.75, 3.05) is 0 Å². The second-order valence-corrected chi connectivity index (χ2v) is 2.18. The van der Waals surface area contributed by atoms with Crippen molar-refractivity contribution in [1.29, 1.82) is 0 Å². The molecule has 0 radical (unpaired) electrons. The van der Waals surface area contributed by atoms with Crippen molar-refractivity contribution in [3.8, 4) is 0 Å². The van der Waals surface area contributed by atoms with Gasteiger partial charge >= 0.3 is 0 Å². The van der Waals surface area contributed by atoms with Gasteiger partial charge in [-0.05, 0) is 19.1 Å². The molecule has 0 aliphatic carbocycles. The van der Waals surface area contributed by atoms with Gasteiger partial charge in [0, 0.05) is 11.9 Å². The lowest BCUT2D eigenvalue weighted by Crippen LogP contribution is -1.72. The minimum Gasteiger partial charge on any atom is -0.262 e. The molecule has 1 aromatic heterocycles. The van der Waals surface area contributed by atoms with Crippen LogP contribution in [0.2, 0.25) is 0 Å². The first-order valence-electron chi connectivity index (χ1n) is 4.68. The average Bonchev–Trinajstić information content (AvgIpc) is 2.11. The van der Waals surface area contributed by atoms with Crippen LogP contribution in [0.15, 0.2) is 24.4 Å². The van der Waals surface area contributed by atoms with Gasteiger partial charge in [-0.15, -0.1) is 0 Å². The number of aromatic nitrogens is 1. The normalized spacial score (nSPS) is 7.08. The number of hydrogen-bond donors (Lipinski definition) is 0. The number of rotatable bonds is 0. The number of pyridine rings is 1. The summed E-state index contributed by atoms with van der Waals surface area (Å²) in [6, 6.07) is 5.86. The monoisotopic (exact) mass is 167 g/mol. The number of aryl methyl sites for hydroxylation is 1. The van der Waals surface area contributed by atoms with Crippen LogP contribution in [0.1, 0.15) is 39.8 Å². The first kappa shape index (κ1) is 13.7. The van der Waals surface area contributed by atoms with Crippen molar-refractivity contribution < 1.29 is 0 Å². The molecule has 0 spiro atoms. The van der Waals surface area contributed by atoms with E-state index in [1.807, 2.05) is 39.0 Å². The fourth-order valence-corrected chi connectivity index (χ4v) is 0.448. The Labute approximate surface area is 76.9 Å². The summed E-state index contributed by atoms with van der Waals surface area (Å²) in [5.41, 5.74) is 1.07. The van der Waals surface area contributed by atoms with Gasteiger partial charge in [-0.2, -0.15) is 0 Å². The lowest BCUT2D eigenvalue weighted by Gasteiger charge is -1.82. The summed E-state index contributed by atoms with van der Waals surface area (Å²) in [4.78, 5) is 3.98. The van der Waals surface area contributed by atoms with E-state index in [1.165, 1.54) is 6.42 Å². The Balaban J connectivity index is 0. The molecular weight excluding hydrogens is 146 g/mol. The van der Waals surface area contributed by atoms with Gasteiger partial charge in [-0.3, -0.25) is 4.98 Å². The van der Waals surface area contributed by atoms with Gasteiger partial charge < -0.3 is 0 Å². The molecule has 12 heavy (non-hydrogen) atoms. The first-order chi connectivity index (χ1) is 5.81. The predicted molar refractivity (Wildman–Crippen MR) is 56.3 cm³/mol. The van der Waals surface area contributed by atoms with E-state index >= 15 is 0 Å². The molecule has 1 nitrogen and oxygen atoms in total. The van der Waals surface area contributed by atoms with E-state index in [0.717, 1.165) is 5.69 Å². The van der Waals surface area contributed by atoms with Gasteiger partial charge in [0.25, 0.3) is 0 Å². The van der Waals surface area contributed by atoms with Crippen molar-refractivity contribution in [3.63, 3.8) is 0 Å². The standard InChI is InChI=1S/C6H7N.C3H8.C2H6/c1-6-4-2-3-5-7-6;1-3-2;1-2/h2-5H,1H3;3H2,1-2H3;1-2H3. The Morgan fingerprint density at radius 3 is 1.83 bits per heavy atom. The van der Waals surface area contributed by atoms with Crippen molar-refractivity contribution >= 4 is 0 Å². The van der Waals surface area contributed by atoms with Crippen LogP contribution in [0, 0.1) is 6.92 Å². The number of nitrogens with zero attached hydrogens (tertiary/aromatic N) is 1. The van der Waals surface area contributed by atoms with Gasteiger partial charge in [-0.1, -0.05) is 40.2 Å². The van der Waals surface area contributed by atoms with Gasteiger partial charge in [0.2, 0.25) is 0 Å². The minimum atomic E-state index is 1.07. The zero-order chi connectivity index (χ0) is 9.82. The van der Waals surface area contributed by atoms with Crippen LogP contribution in [0.4, 0.5) is 0 Å². The molecule has 1 heteroatoms. The SMILES string of the molecule is CC.CCC.Cc1ccccn1. The van der Waals surface area contributed by atoms with E-state index in [4.69, 9.17) is 0 Å². The zero-order valence-corrected chi connectivity index (χ0v) is 8.96. The summed E-state index contributed by atoms with van der Waals surface area (Å²) in [5.74, 6) is 0. The summed E-state index contributed by atoms with van der Waals surface area (Å²) in [5, 5.41) is 0. The molecule has 0 aliphatic rings. The number of hydrogen-bond acceptors (Lipinski definition) is 1. The van der Waals surface area contributed by atoms with E-state index in [-0.39, 0.29) is 0 Å². The molecule has 0 saturated carbocycles. The molecule has 0 aliphatic heterocycles. The lowest BCUT2D eigenvalue weighted by molar-refractivity contribution is 1.09. The summed E-state index contributed by atoms with van der Waals surface area (Å²) >= 11 is 0. The molecule has 1 aromatic rings. The average molecular weight is 167 g/mol. The maximum Gasteiger partial charge on any atom is 0.0372 e. The summed E-state index contributed by atoms with van der Waals surface area (Å²) < 4.78 is 0. The maximum absolute atomic E-state index is 3.98. The molecule has 0 unspecified atom stereocenters. The topological polar surface area (TPSA) is 12.9 Å². The van der Waals surface area contributed by atoms with Gasteiger partial charge in [0.15, 0.2) is 0 Å². The quantitative estimate of drug-likeness (QED) is 0.572. The molecule has 0 bridgehead atoms. The highest BCUT2D eigenvalue weighted by molar-refractivity contribution is 4.99. The second-order valence-electron chi connectivity index (χ2n) is 2.18. The largest absolute Gasteiger partial charge is 0.262 e. The highest BCUT2D eigenvalue weighted by atomic mass is 14.6. The Morgan fingerprint density at radius 2 is 1.67 bits per heavy atom. The molecule has 0 atom stereocenters. The second kappa shape index (κ2) is 12.8. The summed E-state index contributed by atoms with van der Waals surface area (Å²) in [6.45, 7) is 10.2. The van der Waals surface area contributed by atoms with Crippen molar-refractivity contribution in [2.24, 2.45) is 0 Å². The Hall–Kier alpha value is -0.850. The van der Waals surface area contributed by atoms with Gasteiger partial charge in [0.05, 0.1) is 0 Å². The lowest BCUT2D eigenvalue weighted by atomic mass is 10.4. The van der Waals surface area contributed by atoms with Crippen molar-refractivity contribution in [1.82, 2.24) is 4.98 Å². The predicted octanol–water partition coefficient (Wildman–Crippen LogP) is 3.83. The molecule has 0 amide bonds. The molecule has 0 fully saturated rings. The van der Waals surface area contributed by atoms with Crippen LogP contribution in [-0.2, 0) is 0 Å². The maximum atomic E-state index is 3.98. The van der Waals surface area contributed by atoms with Crippen LogP contribution in [0.3, 0.4) is 0 Å². The van der Waals surface area contributed by atoms with Crippen LogP contribution < -0.4 is 0 Å². The van der Waals surface area contributed by atoms with E-state index in [1.54, 1.807) is 6.20 Å². The molecular formula is C11H21N. The first-order valence-corrected chi connectivity index (χ1v) is 4.68. The third-order valence-corrected chi connectivity index (χ3v) is 0.813. The third kappa shape index (κ3) is 11.9. The molecule has 0 saturated heterocycles. The van der Waals surface area contributed by atoms with Crippen molar-refractivity contribution in [2.45, 2.75) is 41.0 Å². The highest BCUT2D eigenvalue weighted by Crippen LogP contribution is 1.85. The molecule has 0 aromatic carbocycles. The summed E-state index contributed by atoms with van der Waals surface area (Å²) in [7, 11) is 0. The molecule has 70 valence electrons. The van der Waals surface area contributed by atoms with E-state index in [2.05, 4.69) is 18.8 Å². The fourth-order valence-electron chi connectivity index (χ4n) is 0.448. The van der Waals surface area contributed by atoms with E-state index in [9.17, 15) is 0 Å². The molecule has 1 rings (SSSR count). The molecule has 1 heterocycles. The summed E-state index contributed by atoms with van der Waals surface area (Å²) in [6.07, 6.45) is 3.04. The van der Waals surface area contributed by atoms with E-state index < -0.39 is 0 Å².